The second-order valence-electron chi connectivity index (χ2n) is 14.0. The number of carbonyl (C=O) groups is 2. The fraction of sp³-hybridized carbons (Fsp3) is 0.567. The van der Waals surface area contributed by atoms with Crippen molar-refractivity contribution in [2.75, 3.05) is 11.9 Å². The van der Waals surface area contributed by atoms with E-state index in [1.807, 2.05) is 6.07 Å². The van der Waals surface area contributed by atoms with Crippen LogP contribution in [0.15, 0.2) is 43.0 Å². The van der Waals surface area contributed by atoms with Crippen LogP contribution in [0.5, 0.6) is 0 Å². The van der Waals surface area contributed by atoms with E-state index in [9.17, 15) is 9.59 Å². The highest BCUT2D eigenvalue weighted by molar-refractivity contribution is 6.74. The van der Waals surface area contributed by atoms with Crippen LogP contribution in [0.3, 0.4) is 0 Å². The van der Waals surface area contributed by atoms with Gasteiger partial charge in [0.2, 0.25) is 0 Å². The monoisotopic (exact) mass is 627 g/mol. The first-order valence-electron chi connectivity index (χ1n) is 14.6. The molecule has 0 spiro atoms. The standard InChI is InChI=1S/C30H45N5O6Si2/c1-29(2,3)42(7,8)39-16-21-23(38-19-36)24(41-43(9,10)30(4,5)6)28(40-21)35-18-33-22-25(31-17-32-26(22)35)34-27(37)20-14-12-11-13-15-20/h11-15,17-19,21,23-24,28H,16H2,1-10H3,(H,31,32,34,37). The van der Waals surface area contributed by atoms with Gasteiger partial charge in [0.1, 0.15) is 18.5 Å². The van der Waals surface area contributed by atoms with Gasteiger partial charge in [-0.15, -0.1) is 0 Å². The van der Waals surface area contributed by atoms with Crippen LogP contribution >= 0.6 is 0 Å². The Bertz CT molecular complexity index is 1430. The first kappa shape index (κ1) is 32.9. The molecule has 0 bridgehead atoms. The molecule has 1 aliphatic heterocycles. The summed E-state index contributed by atoms with van der Waals surface area (Å²) in [5.41, 5.74) is 1.34. The molecule has 0 radical (unpaired) electrons. The van der Waals surface area contributed by atoms with E-state index in [2.05, 4.69) is 88.0 Å². The minimum atomic E-state index is -2.38. The van der Waals surface area contributed by atoms with Crippen molar-refractivity contribution in [2.45, 2.75) is 102 Å². The fourth-order valence-electron chi connectivity index (χ4n) is 4.34. The SMILES string of the molecule is CC(C)(C)[Si](C)(C)OCC1OC(n2cnc3c(NC(=O)c4ccccc4)ncnc32)C(O[Si](C)(C)C(C)(C)C)C1OC=O. The van der Waals surface area contributed by atoms with Crippen LogP contribution in [0, 0.1) is 0 Å². The molecule has 43 heavy (non-hydrogen) atoms. The predicted molar refractivity (Wildman–Crippen MR) is 170 cm³/mol. The molecule has 4 rings (SSSR count). The molecule has 3 heterocycles. The summed E-state index contributed by atoms with van der Waals surface area (Å²) in [6.07, 6.45) is 0.267. The molecule has 1 aromatic carbocycles. The van der Waals surface area contributed by atoms with Crippen molar-refractivity contribution < 1.29 is 27.9 Å². The second kappa shape index (κ2) is 12.2. The number of nitrogens with zero attached hydrogens (tertiary/aromatic N) is 4. The first-order chi connectivity index (χ1) is 20.0. The van der Waals surface area contributed by atoms with Gasteiger partial charge in [-0.25, -0.2) is 15.0 Å². The lowest BCUT2D eigenvalue weighted by Crippen LogP contribution is -2.50. The van der Waals surface area contributed by atoms with Gasteiger partial charge in [-0.3, -0.25) is 14.2 Å². The summed E-state index contributed by atoms with van der Waals surface area (Å²) in [5.74, 6) is -0.0374. The van der Waals surface area contributed by atoms with E-state index >= 15 is 0 Å². The summed E-state index contributed by atoms with van der Waals surface area (Å²) in [4.78, 5) is 38.1. The van der Waals surface area contributed by atoms with Gasteiger partial charge in [0.15, 0.2) is 45.9 Å². The van der Waals surface area contributed by atoms with Gasteiger partial charge in [0.05, 0.1) is 12.9 Å². The van der Waals surface area contributed by atoms with Gasteiger partial charge in [-0.05, 0) is 48.4 Å². The van der Waals surface area contributed by atoms with E-state index in [1.165, 1.54) is 6.33 Å². The fourth-order valence-corrected chi connectivity index (χ4v) is 6.64. The highest BCUT2D eigenvalue weighted by atomic mass is 28.4. The summed E-state index contributed by atoms with van der Waals surface area (Å²) in [7, 11) is -4.53. The maximum atomic E-state index is 12.9. The molecule has 3 aromatic rings. The van der Waals surface area contributed by atoms with Gasteiger partial charge >= 0.3 is 0 Å². The molecule has 13 heteroatoms. The Morgan fingerprint density at radius 1 is 0.977 bits per heavy atom. The summed E-state index contributed by atoms with van der Waals surface area (Å²) < 4.78 is 27.6. The number of imidazole rings is 1. The van der Waals surface area contributed by atoms with E-state index in [1.54, 1.807) is 35.2 Å². The van der Waals surface area contributed by atoms with Gasteiger partial charge in [0, 0.05) is 5.56 Å². The van der Waals surface area contributed by atoms with Gasteiger partial charge in [0.25, 0.3) is 12.4 Å². The largest absolute Gasteiger partial charge is 0.459 e. The second-order valence-corrected chi connectivity index (χ2v) is 23.6. The Balaban J connectivity index is 1.73. The third kappa shape index (κ3) is 6.90. The Morgan fingerprint density at radius 3 is 2.23 bits per heavy atom. The van der Waals surface area contributed by atoms with E-state index in [4.69, 9.17) is 18.3 Å². The number of hydrogen-bond donors (Lipinski definition) is 1. The number of aromatic nitrogens is 4. The number of carbonyl (C=O) groups excluding carboxylic acids is 2. The molecule has 0 saturated carbocycles. The molecule has 1 fully saturated rings. The third-order valence-electron chi connectivity index (χ3n) is 9.05. The number of amides is 1. The molecule has 1 amide bonds. The van der Waals surface area contributed by atoms with Crippen molar-refractivity contribution >= 4 is 46.0 Å². The van der Waals surface area contributed by atoms with Crippen LogP contribution in [-0.2, 0) is 23.1 Å². The summed E-state index contributed by atoms with van der Waals surface area (Å²) in [6.45, 7) is 22.3. The topological polar surface area (TPSA) is 127 Å². The van der Waals surface area contributed by atoms with E-state index in [0.717, 1.165) is 0 Å². The highest BCUT2D eigenvalue weighted by Gasteiger charge is 2.53. The lowest BCUT2D eigenvalue weighted by molar-refractivity contribution is -0.140. The number of anilines is 1. The van der Waals surface area contributed by atoms with E-state index in [0.29, 0.717) is 23.2 Å². The molecule has 4 atom stereocenters. The number of rotatable bonds is 10. The van der Waals surface area contributed by atoms with Gasteiger partial charge in [-0.2, -0.15) is 0 Å². The van der Waals surface area contributed by atoms with Crippen LogP contribution in [0.1, 0.15) is 58.1 Å². The molecule has 1 saturated heterocycles. The van der Waals surface area contributed by atoms with Crippen molar-refractivity contribution in [3.8, 4) is 0 Å². The van der Waals surface area contributed by atoms with Crippen molar-refractivity contribution in [1.82, 2.24) is 19.5 Å². The molecule has 2 aromatic heterocycles. The van der Waals surface area contributed by atoms with Crippen molar-refractivity contribution in [1.29, 1.82) is 0 Å². The number of nitrogens with one attached hydrogen (secondary N) is 1. The smallest absolute Gasteiger partial charge is 0.293 e. The third-order valence-corrected chi connectivity index (χ3v) is 18.0. The quantitative estimate of drug-likeness (QED) is 0.215. The molecule has 234 valence electrons. The molecular weight excluding hydrogens is 583 g/mol. The molecule has 11 nitrogen and oxygen atoms in total. The zero-order chi connectivity index (χ0) is 31.8. The minimum Gasteiger partial charge on any atom is -0.459 e. The van der Waals surface area contributed by atoms with Crippen LogP contribution < -0.4 is 5.32 Å². The average Bonchev–Trinajstić information content (AvgIpc) is 3.49. The maximum Gasteiger partial charge on any atom is 0.293 e. The molecule has 1 N–H and O–H groups in total. The summed E-state index contributed by atoms with van der Waals surface area (Å²) >= 11 is 0. The number of hydrogen-bond acceptors (Lipinski definition) is 9. The van der Waals surface area contributed by atoms with Crippen LogP contribution in [0.4, 0.5) is 5.82 Å². The molecule has 4 unspecified atom stereocenters. The van der Waals surface area contributed by atoms with Crippen molar-refractivity contribution in [3.05, 3.63) is 48.5 Å². The lowest BCUT2D eigenvalue weighted by atomic mass is 10.1. The van der Waals surface area contributed by atoms with Crippen LogP contribution in [0.2, 0.25) is 36.3 Å². The number of benzene rings is 1. The van der Waals surface area contributed by atoms with Crippen molar-refractivity contribution in [3.63, 3.8) is 0 Å². The van der Waals surface area contributed by atoms with Crippen LogP contribution in [0.25, 0.3) is 11.2 Å². The molecular formula is C30H45N5O6Si2. The molecule has 1 aliphatic rings. The Hall–Kier alpha value is -2.98. The first-order valence-corrected chi connectivity index (χ1v) is 20.4. The Labute approximate surface area is 256 Å². The van der Waals surface area contributed by atoms with E-state index in [-0.39, 0.29) is 28.4 Å². The maximum absolute atomic E-state index is 12.9. The number of ether oxygens (including phenoxy) is 2. The van der Waals surface area contributed by atoms with E-state index < -0.39 is 41.2 Å². The van der Waals surface area contributed by atoms with Crippen molar-refractivity contribution in [2.24, 2.45) is 0 Å². The number of fused-ring (bicyclic) bond motifs is 1. The zero-order valence-corrected chi connectivity index (χ0v) is 28.9. The predicted octanol–water partition coefficient (Wildman–Crippen LogP) is 5.93. The molecule has 0 aliphatic carbocycles. The lowest BCUT2D eigenvalue weighted by Gasteiger charge is -2.40. The van der Waals surface area contributed by atoms with Gasteiger partial charge in [-0.1, -0.05) is 59.7 Å². The zero-order valence-electron chi connectivity index (χ0n) is 26.9. The minimum absolute atomic E-state index is 0.0128. The van der Waals surface area contributed by atoms with Gasteiger partial charge < -0.3 is 23.6 Å². The summed E-state index contributed by atoms with van der Waals surface area (Å²) in [6, 6.07) is 8.88. The highest BCUT2D eigenvalue weighted by Crippen LogP contribution is 2.44. The van der Waals surface area contributed by atoms with Crippen LogP contribution in [-0.4, -0.2) is 73.5 Å². The Kier molecular flexibility index (Phi) is 9.34. The summed E-state index contributed by atoms with van der Waals surface area (Å²) in [5, 5.41) is 2.72. The average molecular weight is 628 g/mol. The Morgan fingerprint density at radius 2 is 1.63 bits per heavy atom. The normalized spacial score (nSPS) is 21.6.